The van der Waals surface area contributed by atoms with Crippen LogP contribution >= 0.6 is 0 Å². The summed E-state index contributed by atoms with van der Waals surface area (Å²) < 4.78 is 17.6. The lowest BCUT2D eigenvalue weighted by atomic mass is 10.1. The van der Waals surface area contributed by atoms with Gasteiger partial charge in [0, 0.05) is 26.2 Å². The van der Waals surface area contributed by atoms with Crippen LogP contribution < -0.4 is 0 Å². The molecule has 0 unspecified atom stereocenters. The van der Waals surface area contributed by atoms with E-state index in [4.69, 9.17) is 4.74 Å². The third kappa shape index (κ3) is 4.05. The van der Waals surface area contributed by atoms with Crippen molar-refractivity contribution in [2.75, 3.05) is 32.9 Å². The lowest BCUT2D eigenvalue weighted by Crippen LogP contribution is -2.38. The van der Waals surface area contributed by atoms with E-state index in [1.54, 1.807) is 0 Å². The summed E-state index contributed by atoms with van der Waals surface area (Å²) in [7, 11) is 0. The molecule has 1 aliphatic rings. The van der Waals surface area contributed by atoms with Gasteiger partial charge in [0.2, 0.25) is 0 Å². The number of rotatable bonds is 5. The highest BCUT2D eigenvalue weighted by Crippen LogP contribution is 2.13. The Kier molecular flexibility index (Phi) is 5.32. The molecule has 0 bridgehead atoms. The second-order valence-corrected chi connectivity index (χ2v) is 3.60. The second kappa shape index (κ2) is 6.33. The summed E-state index contributed by atoms with van der Waals surface area (Å²) in [5.74, 6) is 0. The van der Waals surface area contributed by atoms with E-state index in [-0.39, 0.29) is 6.67 Å². The van der Waals surface area contributed by atoms with Gasteiger partial charge in [-0.05, 0) is 19.3 Å². The monoisotopic (exact) mass is 189 g/mol. The number of nitrogens with zero attached hydrogens (tertiary/aromatic N) is 1. The summed E-state index contributed by atoms with van der Waals surface area (Å²) in [5.41, 5.74) is 0. The minimum absolute atomic E-state index is 0.222. The van der Waals surface area contributed by atoms with E-state index in [1.165, 1.54) is 0 Å². The molecule has 1 fully saturated rings. The van der Waals surface area contributed by atoms with Crippen LogP contribution in [0, 0.1) is 0 Å². The van der Waals surface area contributed by atoms with Crippen molar-refractivity contribution in [3.63, 3.8) is 0 Å². The van der Waals surface area contributed by atoms with Crippen molar-refractivity contribution in [2.24, 2.45) is 0 Å². The molecule has 0 radical (unpaired) electrons. The van der Waals surface area contributed by atoms with Crippen LogP contribution in [0.4, 0.5) is 4.39 Å². The van der Waals surface area contributed by atoms with Gasteiger partial charge >= 0.3 is 0 Å². The van der Waals surface area contributed by atoms with Crippen molar-refractivity contribution in [1.82, 2.24) is 4.90 Å². The zero-order valence-corrected chi connectivity index (χ0v) is 8.47. The van der Waals surface area contributed by atoms with Crippen LogP contribution in [0.5, 0.6) is 0 Å². The van der Waals surface area contributed by atoms with Crippen LogP contribution in [-0.4, -0.2) is 43.9 Å². The van der Waals surface area contributed by atoms with Crippen LogP contribution in [0.1, 0.15) is 26.2 Å². The lowest BCUT2D eigenvalue weighted by molar-refractivity contribution is 0.00699. The first-order valence-corrected chi connectivity index (χ1v) is 5.26. The number of halogens is 1. The summed E-state index contributed by atoms with van der Waals surface area (Å²) in [6.07, 6.45) is 3.65. The van der Waals surface area contributed by atoms with E-state index >= 15 is 0 Å². The molecule has 1 aliphatic heterocycles. The fourth-order valence-electron chi connectivity index (χ4n) is 1.70. The Morgan fingerprint density at radius 1 is 1.38 bits per heavy atom. The molecule has 0 atom stereocenters. The van der Waals surface area contributed by atoms with Gasteiger partial charge in [0.1, 0.15) is 6.67 Å². The van der Waals surface area contributed by atoms with Crippen LogP contribution in [0.2, 0.25) is 0 Å². The Morgan fingerprint density at radius 2 is 2.08 bits per heavy atom. The van der Waals surface area contributed by atoms with Crippen molar-refractivity contribution in [1.29, 1.82) is 0 Å². The Labute approximate surface area is 80.1 Å². The third-order valence-electron chi connectivity index (χ3n) is 2.49. The molecule has 0 aromatic rings. The first kappa shape index (κ1) is 10.9. The summed E-state index contributed by atoms with van der Waals surface area (Å²) in [6, 6.07) is 0. The molecule has 0 amide bonds. The predicted octanol–water partition coefficient (Wildman–Crippen LogP) is 1.85. The first-order valence-electron chi connectivity index (χ1n) is 5.26. The molecule has 0 aliphatic carbocycles. The molecule has 1 saturated heterocycles. The number of hydrogen-bond acceptors (Lipinski definition) is 2. The highest BCUT2D eigenvalue weighted by Gasteiger charge is 2.18. The molecule has 3 heteroatoms. The number of ether oxygens (including phenoxy) is 1. The van der Waals surface area contributed by atoms with Crippen LogP contribution in [0.3, 0.4) is 0 Å². The quantitative estimate of drug-likeness (QED) is 0.654. The maximum absolute atomic E-state index is 12.0. The molecule has 13 heavy (non-hydrogen) atoms. The molecular weight excluding hydrogens is 169 g/mol. The molecule has 0 spiro atoms. The molecule has 78 valence electrons. The zero-order chi connectivity index (χ0) is 9.52. The maximum Gasteiger partial charge on any atom is 0.102 e. The van der Waals surface area contributed by atoms with Gasteiger partial charge in [-0.3, -0.25) is 0 Å². The normalized spacial score (nSPS) is 20.8. The van der Waals surface area contributed by atoms with Gasteiger partial charge in [0.15, 0.2) is 0 Å². The van der Waals surface area contributed by atoms with Gasteiger partial charge in [0.05, 0.1) is 6.10 Å². The van der Waals surface area contributed by atoms with Gasteiger partial charge in [-0.1, -0.05) is 6.92 Å². The summed E-state index contributed by atoms with van der Waals surface area (Å²) in [4.78, 5) is 2.17. The van der Waals surface area contributed by atoms with Crippen molar-refractivity contribution >= 4 is 0 Å². The fraction of sp³-hybridized carbons (Fsp3) is 1.00. The topological polar surface area (TPSA) is 12.5 Å². The Balaban J connectivity index is 2.08. The average Bonchev–Trinajstić information content (AvgIpc) is 2.17. The van der Waals surface area contributed by atoms with E-state index in [1.807, 2.05) is 0 Å². The zero-order valence-electron chi connectivity index (χ0n) is 8.47. The van der Waals surface area contributed by atoms with E-state index in [2.05, 4.69) is 11.8 Å². The number of piperidine rings is 1. The highest BCUT2D eigenvalue weighted by molar-refractivity contribution is 4.72. The highest BCUT2D eigenvalue weighted by atomic mass is 19.1. The van der Waals surface area contributed by atoms with Gasteiger partial charge in [-0.25, -0.2) is 4.39 Å². The Bertz CT molecular complexity index is 124. The van der Waals surface area contributed by atoms with Crippen LogP contribution in [0.25, 0.3) is 0 Å². The van der Waals surface area contributed by atoms with Crippen LogP contribution in [-0.2, 0) is 4.74 Å². The maximum atomic E-state index is 12.0. The average molecular weight is 189 g/mol. The van der Waals surface area contributed by atoms with Crippen LogP contribution in [0.15, 0.2) is 0 Å². The molecule has 1 heterocycles. The minimum Gasteiger partial charge on any atom is -0.378 e. The number of alkyl halides is 1. The summed E-state index contributed by atoms with van der Waals surface area (Å²) in [5, 5.41) is 0. The second-order valence-electron chi connectivity index (χ2n) is 3.60. The SMILES string of the molecule is CCCOC1CCN(CCF)CC1. The van der Waals surface area contributed by atoms with Gasteiger partial charge in [-0.2, -0.15) is 0 Å². The van der Waals surface area contributed by atoms with Gasteiger partial charge < -0.3 is 9.64 Å². The summed E-state index contributed by atoms with van der Waals surface area (Å²) >= 11 is 0. The van der Waals surface area contributed by atoms with E-state index in [0.717, 1.165) is 39.0 Å². The smallest absolute Gasteiger partial charge is 0.102 e. The molecule has 0 aromatic carbocycles. The van der Waals surface area contributed by atoms with Gasteiger partial charge in [0.25, 0.3) is 0 Å². The molecular formula is C10H20FNO. The number of hydrogen-bond donors (Lipinski definition) is 0. The first-order chi connectivity index (χ1) is 6.36. The van der Waals surface area contributed by atoms with E-state index in [0.29, 0.717) is 12.6 Å². The van der Waals surface area contributed by atoms with Crippen molar-refractivity contribution in [3.8, 4) is 0 Å². The lowest BCUT2D eigenvalue weighted by Gasteiger charge is -2.31. The third-order valence-corrected chi connectivity index (χ3v) is 2.49. The van der Waals surface area contributed by atoms with Gasteiger partial charge in [-0.15, -0.1) is 0 Å². The number of likely N-dealkylation sites (tertiary alicyclic amines) is 1. The largest absolute Gasteiger partial charge is 0.378 e. The van der Waals surface area contributed by atoms with Crippen molar-refractivity contribution in [3.05, 3.63) is 0 Å². The van der Waals surface area contributed by atoms with E-state index in [9.17, 15) is 4.39 Å². The minimum atomic E-state index is -0.222. The van der Waals surface area contributed by atoms with Crippen molar-refractivity contribution in [2.45, 2.75) is 32.3 Å². The Hall–Kier alpha value is -0.150. The molecule has 0 N–H and O–H groups in total. The fourth-order valence-corrected chi connectivity index (χ4v) is 1.70. The summed E-state index contributed by atoms with van der Waals surface area (Å²) in [6.45, 7) is 5.36. The Morgan fingerprint density at radius 3 is 2.62 bits per heavy atom. The van der Waals surface area contributed by atoms with Crippen molar-refractivity contribution < 1.29 is 9.13 Å². The molecule has 0 saturated carbocycles. The molecule has 0 aromatic heterocycles. The standard InChI is InChI=1S/C10H20FNO/c1-2-9-13-10-3-6-12(7-4-10)8-5-11/h10H,2-9H2,1H3. The van der Waals surface area contributed by atoms with E-state index < -0.39 is 0 Å². The molecule has 2 nitrogen and oxygen atoms in total. The molecule has 1 rings (SSSR count). The predicted molar refractivity (Wildman–Crippen MR) is 51.7 cm³/mol.